The summed E-state index contributed by atoms with van der Waals surface area (Å²) in [5.74, 6) is 1.87. The monoisotopic (exact) mass is 591 g/mol. The zero-order valence-corrected chi connectivity index (χ0v) is 25.5. The van der Waals surface area contributed by atoms with Crippen LogP contribution >= 0.6 is 0 Å². The average molecular weight is 592 g/mol. The van der Waals surface area contributed by atoms with E-state index in [0.717, 1.165) is 44.2 Å². The van der Waals surface area contributed by atoms with Gasteiger partial charge in [-0.05, 0) is 57.6 Å². The Labute approximate surface area is 267 Å². The Hall–Kier alpha value is -5.87. The zero-order valence-electron chi connectivity index (χ0n) is 25.5. The minimum Gasteiger partial charge on any atom is -0.456 e. The quantitative estimate of drug-likeness (QED) is 0.204. The fourth-order valence-corrected chi connectivity index (χ4v) is 6.90. The van der Waals surface area contributed by atoms with Crippen molar-refractivity contribution in [1.82, 2.24) is 15.0 Å². The standard InChI is InChI=1S/C42H29N3O/c1-42(2)35-16-10-9-15-31(35)33-25-38-34(24-36(33)42)32-22-21-30(23-37(32)46-38)41-44-39(28-13-7-4-8-14-28)43-40(45-41)29-19-17-27(18-20-29)26-11-5-3-6-12-26/h3-25H,1-2H3. The molecule has 1 aliphatic carbocycles. The summed E-state index contributed by atoms with van der Waals surface area (Å²) in [7, 11) is 0. The summed E-state index contributed by atoms with van der Waals surface area (Å²) < 4.78 is 6.54. The summed E-state index contributed by atoms with van der Waals surface area (Å²) in [6.45, 7) is 4.61. The molecule has 9 rings (SSSR count). The van der Waals surface area contributed by atoms with Gasteiger partial charge in [0.05, 0.1) is 0 Å². The van der Waals surface area contributed by atoms with Crippen molar-refractivity contribution in [1.29, 1.82) is 0 Å². The molecular formula is C42H29N3O. The molecule has 0 spiro atoms. The topological polar surface area (TPSA) is 51.8 Å². The van der Waals surface area contributed by atoms with Gasteiger partial charge in [0.15, 0.2) is 17.5 Å². The van der Waals surface area contributed by atoms with E-state index in [9.17, 15) is 0 Å². The van der Waals surface area contributed by atoms with Crippen LogP contribution in [0.15, 0.2) is 144 Å². The maximum Gasteiger partial charge on any atom is 0.164 e. The van der Waals surface area contributed by atoms with Crippen LogP contribution in [0.3, 0.4) is 0 Å². The third-order valence-electron chi connectivity index (χ3n) is 9.35. The zero-order chi connectivity index (χ0) is 30.8. The second kappa shape index (κ2) is 10.1. The summed E-state index contributed by atoms with van der Waals surface area (Å²) in [6, 6.07) is 48.4. The van der Waals surface area contributed by atoms with Gasteiger partial charge in [0, 0.05) is 32.9 Å². The molecule has 4 nitrogen and oxygen atoms in total. The van der Waals surface area contributed by atoms with Gasteiger partial charge in [-0.3, -0.25) is 0 Å². The number of nitrogens with zero attached hydrogens (tertiary/aromatic N) is 3. The van der Waals surface area contributed by atoms with E-state index in [-0.39, 0.29) is 5.41 Å². The van der Waals surface area contributed by atoms with Crippen LogP contribution in [0.5, 0.6) is 0 Å². The third-order valence-corrected chi connectivity index (χ3v) is 9.35. The average Bonchev–Trinajstić information content (AvgIpc) is 3.58. The minimum absolute atomic E-state index is 0.0714. The molecule has 2 heterocycles. The van der Waals surface area contributed by atoms with Crippen molar-refractivity contribution in [3.63, 3.8) is 0 Å². The highest BCUT2D eigenvalue weighted by atomic mass is 16.3. The van der Waals surface area contributed by atoms with Crippen LogP contribution in [-0.4, -0.2) is 15.0 Å². The van der Waals surface area contributed by atoms with E-state index in [0.29, 0.717) is 17.5 Å². The predicted octanol–water partition coefficient (Wildman–Crippen LogP) is 10.7. The molecule has 4 heteroatoms. The van der Waals surface area contributed by atoms with E-state index in [4.69, 9.17) is 19.4 Å². The van der Waals surface area contributed by atoms with Crippen LogP contribution < -0.4 is 0 Å². The molecule has 2 aromatic heterocycles. The lowest BCUT2D eigenvalue weighted by Gasteiger charge is -2.21. The molecular weight excluding hydrogens is 562 g/mol. The first-order chi connectivity index (χ1) is 22.5. The van der Waals surface area contributed by atoms with Crippen LogP contribution in [-0.2, 0) is 5.41 Å². The van der Waals surface area contributed by atoms with E-state index >= 15 is 0 Å². The summed E-state index contributed by atoms with van der Waals surface area (Å²) in [6.07, 6.45) is 0. The molecule has 0 bridgehead atoms. The maximum absolute atomic E-state index is 6.54. The lowest BCUT2D eigenvalue weighted by atomic mass is 9.82. The number of hydrogen-bond donors (Lipinski definition) is 0. The summed E-state index contributed by atoms with van der Waals surface area (Å²) in [4.78, 5) is 14.9. The van der Waals surface area contributed by atoms with Gasteiger partial charge in [0.25, 0.3) is 0 Å². The lowest BCUT2D eigenvalue weighted by molar-refractivity contribution is 0.658. The maximum atomic E-state index is 6.54. The fourth-order valence-electron chi connectivity index (χ4n) is 6.90. The molecule has 0 aliphatic heterocycles. The van der Waals surface area contributed by atoms with Crippen LogP contribution in [0.1, 0.15) is 25.0 Å². The second-order valence-electron chi connectivity index (χ2n) is 12.5. The molecule has 46 heavy (non-hydrogen) atoms. The smallest absolute Gasteiger partial charge is 0.164 e. The number of rotatable bonds is 4. The van der Waals surface area contributed by atoms with Gasteiger partial charge in [-0.15, -0.1) is 0 Å². The molecule has 0 unspecified atom stereocenters. The van der Waals surface area contributed by atoms with E-state index in [1.54, 1.807) is 0 Å². The summed E-state index contributed by atoms with van der Waals surface area (Å²) >= 11 is 0. The molecule has 8 aromatic rings. The van der Waals surface area contributed by atoms with Crippen molar-refractivity contribution in [2.24, 2.45) is 0 Å². The van der Waals surface area contributed by atoms with Crippen molar-refractivity contribution in [2.75, 3.05) is 0 Å². The SMILES string of the molecule is CC1(C)c2ccccc2-c2cc3oc4cc(-c5nc(-c6ccccc6)nc(-c6ccc(-c7ccccc7)cc6)n5)ccc4c3cc21. The largest absolute Gasteiger partial charge is 0.456 e. The van der Waals surface area contributed by atoms with Crippen molar-refractivity contribution < 1.29 is 4.42 Å². The Morgan fingerprint density at radius 2 is 0.935 bits per heavy atom. The Bertz CT molecular complexity index is 2430. The number of aromatic nitrogens is 3. The van der Waals surface area contributed by atoms with Crippen LogP contribution in [0, 0.1) is 0 Å². The molecule has 0 fully saturated rings. The van der Waals surface area contributed by atoms with E-state index in [1.165, 1.54) is 27.8 Å². The van der Waals surface area contributed by atoms with E-state index in [2.05, 4.69) is 117 Å². The second-order valence-corrected chi connectivity index (χ2v) is 12.5. The number of hydrogen-bond acceptors (Lipinski definition) is 4. The fraction of sp³-hybridized carbons (Fsp3) is 0.0714. The normalized spacial score (nSPS) is 13.2. The Morgan fingerprint density at radius 3 is 1.65 bits per heavy atom. The first-order valence-electron chi connectivity index (χ1n) is 15.6. The van der Waals surface area contributed by atoms with Gasteiger partial charge < -0.3 is 4.42 Å². The predicted molar refractivity (Wildman–Crippen MR) is 186 cm³/mol. The van der Waals surface area contributed by atoms with Gasteiger partial charge in [-0.25, -0.2) is 15.0 Å². The van der Waals surface area contributed by atoms with Gasteiger partial charge in [-0.2, -0.15) is 0 Å². The molecule has 1 aliphatic rings. The Kier molecular flexibility index (Phi) is 5.81. The first-order valence-corrected chi connectivity index (χ1v) is 15.6. The lowest BCUT2D eigenvalue weighted by Crippen LogP contribution is -2.14. The van der Waals surface area contributed by atoms with Crippen molar-refractivity contribution in [3.8, 4) is 56.4 Å². The van der Waals surface area contributed by atoms with Crippen LogP contribution in [0.25, 0.3) is 78.4 Å². The number of benzene rings is 6. The van der Waals surface area contributed by atoms with Crippen molar-refractivity contribution >= 4 is 21.9 Å². The van der Waals surface area contributed by atoms with Crippen molar-refractivity contribution in [2.45, 2.75) is 19.3 Å². The Balaban J connectivity index is 1.17. The van der Waals surface area contributed by atoms with Gasteiger partial charge in [-0.1, -0.05) is 129 Å². The summed E-state index contributed by atoms with van der Waals surface area (Å²) in [5, 5.41) is 2.21. The number of fused-ring (bicyclic) bond motifs is 6. The number of furan rings is 1. The molecule has 0 N–H and O–H groups in total. The van der Waals surface area contributed by atoms with E-state index < -0.39 is 0 Å². The third kappa shape index (κ3) is 4.18. The Morgan fingerprint density at radius 1 is 0.413 bits per heavy atom. The molecule has 0 radical (unpaired) electrons. The molecule has 6 aromatic carbocycles. The van der Waals surface area contributed by atoms with E-state index in [1.807, 2.05) is 36.4 Å². The molecule has 0 amide bonds. The first kappa shape index (κ1) is 26.5. The highest BCUT2D eigenvalue weighted by Crippen LogP contribution is 2.50. The van der Waals surface area contributed by atoms with Crippen molar-refractivity contribution in [3.05, 3.63) is 151 Å². The van der Waals surface area contributed by atoms with Crippen LogP contribution in [0.2, 0.25) is 0 Å². The highest BCUT2D eigenvalue weighted by molar-refractivity contribution is 6.08. The van der Waals surface area contributed by atoms with Gasteiger partial charge >= 0.3 is 0 Å². The van der Waals surface area contributed by atoms with Gasteiger partial charge in [0.1, 0.15) is 11.2 Å². The van der Waals surface area contributed by atoms with Gasteiger partial charge in [0.2, 0.25) is 0 Å². The molecule has 218 valence electrons. The summed E-state index contributed by atoms with van der Waals surface area (Å²) in [5.41, 5.74) is 11.9. The van der Waals surface area contributed by atoms with Crippen LogP contribution in [0.4, 0.5) is 0 Å². The molecule has 0 saturated carbocycles. The highest BCUT2D eigenvalue weighted by Gasteiger charge is 2.36. The molecule has 0 saturated heterocycles. The minimum atomic E-state index is -0.0714. The molecule has 0 atom stereocenters.